The minimum atomic E-state index is -4.38. The van der Waals surface area contributed by atoms with Crippen molar-refractivity contribution in [3.05, 3.63) is 48.0 Å². The van der Waals surface area contributed by atoms with Gasteiger partial charge < -0.3 is 9.84 Å². The highest BCUT2D eigenvalue weighted by Gasteiger charge is 2.22. The largest absolute Gasteiger partial charge is 0.409 e. The first-order valence-corrected chi connectivity index (χ1v) is 5.53. The Kier molecular flexibility index (Phi) is 5.88. The van der Waals surface area contributed by atoms with Gasteiger partial charge in [-0.25, -0.2) is 0 Å². The third-order valence-corrected chi connectivity index (χ3v) is 2.18. The Morgan fingerprint density at radius 3 is 2.50 bits per heavy atom. The molecule has 0 radical (unpaired) electrons. The number of rotatable bonds is 6. The van der Waals surface area contributed by atoms with Crippen molar-refractivity contribution in [1.29, 1.82) is 0 Å². The Labute approximate surface area is 104 Å². The molecule has 0 aliphatic carbocycles. The highest BCUT2D eigenvalue weighted by Crippen LogP contribution is 2.16. The number of hydrogen-bond donors (Lipinski definition) is 1. The summed E-state index contributed by atoms with van der Waals surface area (Å²) in [7, 11) is 0. The average Bonchev–Trinajstić information content (AvgIpc) is 2.33. The van der Waals surface area contributed by atoms with Crippen LogP contribution in [0.3, 0.4) is 0 Å². The van der Waals surface area contributed by atoms with Crippen molar-refractivity contribution in [1.82, 2.24) is 0 Å². The van der Waals surface area contributed by atoms with Gasteiger partial charge in [0.1, 0.15) is 0 Å². The highest BCUT2D eigenvalue weighted by molar-refractivity contribution is 5.13. The van der Waals surface area contributed by atoms with Crippen molar-refractivity contribution in [2.24, 2.45) is 0 Å². The minimum absolute atomic E-state index is 0.0366. The number of hydrogen-bond acceptors (Lipinski definition) is 2. The fourth-order valence-electron chi connectivity index (χ4n) is 1.28. The van der Waals surface area contributed by atoms with Crippen LogP contribution in [0.2, 0.25) is 0 Å². The SMILES string of the molecule is O[C@H](/C=C/C(F)(F)F)CCOCc1ccccc1. The van der Waals surface area contributed by atoms with E-state index in [9.17, 15) is 18.3 Å². The van der Waals surface area contributed by atoms with Crippen LogP contribution in [0.1, 0.15) is 12.0 Å². The summed E-state index contributed by atoms with van der Waals surface area (Å²) in [5.74, 6) is 0. The van der Waals surface area contributed by atoms with Crippen molar-refractivity contribution in [3.8, 4) is 0 Å². The second-order valence-corrected chi connectivity index (χ2v) is 3.79. The van der Waals surface area contributed by atoms with E-state index in [0.717, 1.165) is 11.6 Å². The van der Waals surface area contributed by atoms with Crippen molar-refractivity contribution in [2.45, 2.75) is 25.3 Å². The third kappa shape index (κ3) is 7.09. The van der Waals surface area contributed by atoms with E-state index < -0.39 is 12.3 Å². The topological polar surface area (TPSA) is 29.5 Å². The molecule has 5 heteroatoms. The molecule has 1 rings (SSSR count). The van der Waals surface area contributed by atoms with E-state index in [1.165, 1.54) is 0 Å². The summed E-state index contributed by atoms with van der Waals surface area (Å²) in [4.78, 5) is 0. The molecule has 0 aromatic heterocycles. The maximum absolute atomic E-state index is 11.8. The Morgan fingerprint density at radius 1 is 1.22 bits per heavy atom. The van der Waals surface area contributed by atoms with E-state index in [1.54, 1.807) is 0 Å². The predicted molar refractivity (Wildman–Crippen MR) is 61.9 cm³/mol. The molecule has 2 nitrogen and oxygen atoms in total. The van der Waals surface area contributed by atoms with E-state index in [-0.39, 0.29) is 19.1 Å². The average molecular weight is 260 g/mol. The molecule has 0 saturated carbocycles. The summed E-state index contributed by atoms with van der Waals surface area (Å²) >= 11 is 0. The van der Waals surface area contributed by atoms with Gasteiger partial charge in [0.05, 0.1) is 12.7 Å². The molecule has 1 aromatic carbocycles. The molecular formula is C13H15F3O2. The van der Waals surface area contributed by atoms with Gasteiger partial charge in [-0.05, 0) is 5.56 Å². The number of aliphatic hydroxyl groups excluding tert-OH is 1. The van der Waals surface area contributed by atoms with Gasteiger partial charge in [0, 0.05) is 19.1 Å². The molecule has 18 heavy (non-hydrogen) atoms. The lowest BCUT2D eigenvalue weighted by Gasteiger charge is -2.07. The van der Waals surface area contributed by atoms with E-state index in [2.05, 4.69) is 0 Å². The van der Waals surface area contributed by atoms with Gasteiger partial charge in [-0.1, -0.05) is 36.4 Å². The van der Waals surface area contributed by atoms with Crippen LogP contribution in [0.4, 0.5) is 13.2 Å². The van der Waals surface area contributed by atoms with Crippen molar-refractivity contribution >= 4 is 0 Å². The van der Waals surface area contributed by atoms with Crippen molar-refractivity contribution in [2.75, 3.05) is 6.61 Å². The lowest BCUT2D eigenvalue weighted by Crippen LogP contribution is -2.10. The molecule has 1 atom stereocenters. The molecule has 0 heterocycles. The molecule has 100 valence electrons. The Balaban J connectivity index is 2.16. The lowest BCUT2D eigenvalue weighted by atomic mass is 10.2. The third-order valence-electron chi connectivity index (χ3n) is 2.18. The highest BCUT2D eigenvalue weighted by atomic mass is 19.4. The molecule has 0 bridgehead atoms. The first-order chi connectivity index (χ1) is 8.47. The van der Waals surface area contributed by atoms with Gasteiger partial charge in [-0.3, -0.25) is 0 Å². The summed E-state index contributed by atoms with van der Waals surface area (Å²) in [6.07, 6.45) is -4.62. The van der Waals surface area contributed by atoms with Crippen LogP contribution < -0.4 is 0 Å². The van der Waals surface area contributed by atoms with Crippen LogP contribution in [-0.2, 0) is 11.3 Å². The molecule has 0 fully saturated rings. The van der Waals surface area contributed by atoms with E-state index in [0.29, 0.717) is 6.61 Å². The van der Waals surface area contributed by atoms with Crippen LogP contribution in [-0.4, -0.2) is 24.0 Å². The predicted octanol–water partition coefficient (Wildman–Crippen LogP) is 3.07. The van der Waals surface area contributed by atoms with Gasteiger partial charge in [-0.15, -0.1) is 0 Å². The first-order valence-electron chi connectivity index (χ1n) is 5.53. The number of allylic oxidation sites excluding steroid dienone is 1. The number of ether oxygens (including phenoxy) is 1. The number of aliphatic hydroxyl groups is 1. The molecule has 1 N–H and O–H groups in total. The molecule has 0 spiro atoms. The van der Waals surface area contributed by atoms with E-state index >= 15 is 0 Å². The monoisotopic (exact) mass is 260 g/mol. The van der Waals surface area contributed by atoms with Crippen LogP contribution in [0.25, 0.3) is 0 Å². The molecular weight excluding hydrogens is 245 g/mol. The van der Waals surface area contributed by atoms with Crippen molar-refractivity contribution < 1.29 is 23.0 Å². The van der Waals surface area contributed by atoms with Crippen molar-refractivity contribution in [3.63, 3.8) is 0 Å². The number of benzene rings is 1. The van der Waals surface area contributed by atoms with Crippen LogP contribution in [0, 0.1) is 0 Å². The fourth-order valence-corrected chi connectivity index (χ4v) is 1.28. The standard InChI is InChI=1S/C13H15F3O2/c14-13(15,16)8-6-12(17)7-9-18-10-11-4-2-1-3-5-11/h1-6,8,12,17H,7,9-10H2/b8-6+/t12-/m1/s1. The quantitative estimate of drug-likeness (QED) is 0.629. The van der Waals surface area contributed by atoms with Crippen LogP contribution in [0.15, 0.2) is 42.5 Å². The lowest BCUT2D eigenvalue weighted by molar-refractivity contribution is -0.0806. The zero-order valence-corrected chi connectivity index (χ0v) is 9.73. The summed E-state index contributed by atoms with van der Waals surface area (Å²) in [6, 6.07) is 9.41. The Bertz CT molecular complexity index is 360. The van der Waals surface area contributed by atoms with E-state index in [1.807, 2.05) is 30.3 Å². The number of alkyl halides is 3. The zero-order chi connectivity index (χ0) is 13.4. The summed E-state index contributed by atoms with van der Waals surface area (Å²) in [5, 5.41) is 9.24. The van der Waals surface area contributed by atoms with Crippen LogP contribution in [0.5, 0.6) is 0 Å². The van der Waals surface area contributed by atoms with Gasteiger partial charge in [-0.2, -0.15) is 13.2 Å². The van der Waals surface area contributed by atoms with Crippen LogP contribution >= 0.6 is 0 Å². The maximum atomic E-state index is 11.8. The van der Waals surface area contributed by atoms with Gasteiger partial charge in [0.15, 0.2) is 0 Å². The molecule has 0 aliphatic rings. The first kappa shape index (κ1) is 14.7. The van der Waals surface area contributed by atoms with E-state index in [4.69, 9.17) is 4.74 Å². The fraction of sp³-hybridized carbons (Fsp3) is 0.385. The summed E-state index contributed by atoms with van der Waals surface area (Å²) < 4.78 is 40.6. The van der Waals surface area contributed by atoms with Gasteiger partial charge in [0.2, 0.25) is 0 Å². The molecule has 1 aromatic rings. The normalized spacial score (nSPS) is 14.0. The minimum Gasteiger partial charge on any atom is -0.389 e. The summed E-state index contributed by atoms with van der Waals surface area (Å²) in [6.45, 7) is 0.592. The second kappa shape index (κ2) is 7.18. The molecule has 0 aliphatic heterocycles. The summed E-state index contributed by atoms with van der Waals surface area (Å²) in [5.41, 5.74) is 0.984. The Morgan fingerprint density at radius 2 is 1.89 bits per heavy atom. The van der Waals surface area contributed by atoms with Gasteiger partial charge >= 0.3 is 6.18 Å². The smallest absolute Gasteiger partial charge is 0.389 e. The molecule has 0 saturated heterocycles. The number of halogens is 3. The maximum Gasteiger partial charge on any atom is 0.409 e. The molecule has 0 unspecified atom stereocenters. The van der Waals surface area contributed by atoms with Gasteiger partial charge in [0.25, 0.3) is 0 Å². The Hall–Kier alpha value is -1.33. The molecule has 0 amide bonds. The zero-order valence-electron chi connectivity index (χ0n) is 9.73. The second-order valence-electron chi connectivity index (χ2n) is 3.79.